The van der Waals surface area contributed by atoms with Crippen molar-refractivity contribution >= 4 is 11.8 Å². The molecule has 1 atom stereocenters. The summed E-state index contributed by atoms with van der Waals surface area (Å²) in [5, 5.41) is 17.8. The average molecular weight is 226 g/mol. The molecule has 4 nitrogen and oxygen atoms in total. The van der Waals surface area contributed by atoms with Crippen LogP contribution in [0.5, 0.6) is 0 Å². The van der Waals surface area contributed by atoms with Crippen LogP contribution >= 0.6 is 0 Å². The van der Waals surface area contributed by atoms with E-state index < -0.39 is 23.5 Å². The van der Waals surface area contributed by atoms with Crippen LogP contribution in [-0.2, 0) is 4.79 Å². The zero-order chi connectivity index (χ0) is 12.3. The third-order valence-electron chi connectivity index (χ3n) is 2.17. The molecular weight excluding hydrogens is 215 g/mol. The lowest BCUT2D eigenvalue weighted by Crippen LogP contribution is -2.13. The Hall–Kier alpha value is -1.75. The number of carbonyl (C=O) groups is 2. The molecule has 0 aliphatic heterocycles. The highest BCUT2D eigenvalue weighted by atomic mass is 19.1. The molecule has 0 radical (unpaired) electrons. The lowest BCUT2D eigenvalue weighted by atomic mass is 10.0. The summed E-state index contributed by atoms with van der Waals surface area (Å²) < 4.78 is 13.2. The third-order valence-corrected chi connectivity index (χ3v) is 2.17. The largest absolute Gasteiger partial charge is 0.479 e. The number of carboxylic acids is 1. The third kappa shape index (κ3) is 2.43. The number of carboxylic acid groups (broad SMARTS) is 1. The Morgan fingerprint density at radius 3 is 2.56 bits per heavy atom. The Balaban J connectivity index is 3.18. The summed E-state index contributed by atoms with van der Waals surface area (Å²) in [5.74, 6) is -2.64. The topological polar surface area (TPSA) is 74.6 Å². The Kier molecular flexibility index (Phi) is 3.73. The van der Waals surface area contributed by atoms with Crippen molar-refractivity contribution < 1.29 is 24.2 Å². The summed E-state index contributed by atoms with van der Waals surface area (Å²) in [6.07, 6.45) is -1.72. The first kappa shape index (κ1) is 12.3. The van der Waals surface area contributed by atoms with Gasteiger partial charge in [-0.1, -0.05) is 6.92 Å². The summed E-state index contributed by atoms with van der Waals surface area (Å²) in [5.41, 5.74) is -0.203. The molecule has 0 spiro atoms. The number of aliphatic carboxylic acids is 1. The number of benzene rings is 1. The summed E-state index contributed by atoms with van der Waals surface area (Å²) in [6, 6.07) is 3.31. The molecule has 0 fully saturated rings. The maximum atomic E-state index is 13.2. The van der Waals surface area contributed by atoms with Gasteiger partial charge in [-0.2, -0.15) is 0 Å². The molecule has 16 heavy (non-hydrogen) atoms. The van der Waals surface area contributed by atoms with E-state index in [0.29, 0.717) is 0 Å². The van der Waals surface area contributed by atoms with E-state index in [9.17, 15) is 19.1 Å². The number of aliphatic hydroxyl groups is 1. The number of hydrogen-bond acceptors (Lipinski definition) is 3. The minimum atomic E-state index is -1.95. The van der Waals surface area contributed by atoms with Crippen LogP contribution in [0.4, 0.5) is 4.39 Å². The van der Waals surface area contributed by atoms with Gasteiger partial charge in [0.25, 0.3) is 0 Å². The van der Waals surface area contributed by atoms with E-state index >= 15 is 0 Å². The number of halogens is 1. The van der Waals surface area contributed by atoms with E-state index in [2.05, 4.69) is 0 Å². The Labute approximate surface area is 91.3 Å². The van der Waals surface area contributed by atoms with Gasteiger partial charge < -0.3 is 10.2 Å². The minimum Gasteiger partial charge on any atom is -0.479 e. The predicted octanol–water partition coefficient (Wildman–Crippen LogP) is 1.54. The van der Waals surface area contributed by atoms with Crippen molar-refractivity contribution in [3.8, 4) is 0 Å². The molecule has 1 rings (SSSR count). The number of Topliss-reactive ketones (excluding diaryl/α,β-unsaturated/α-hetero) is 1. The fourth-order valence-electron chi connectivity index (χ4n) is 1.26. The number of aliphatic hydroxyl groups excluding tert-OH is 1. The molecule has 0 saturated heterocycles. The average Bonchev–Trinajstić information content (AvgIpc) is 2.27. The maximum Gasteiger partial charge on any atom is 0.337 e. The summed E-state index contributed by atoms with van der Waals surface area (Å²) in [6.45, 7) is 1.64. The molecule has 1 unspecified atom stereocenters. The van der Waals surface area contributed by atoms with Crippen LogP contribution in [0.3, 0.4) is 0 Å². The fourth-order valence-corrected chi connectivity index (χ4v) is 1.26. The number of ketones is 1. The monoisotopic (exact) mass is 226 g/mol. The van der Waals surface area contributed by atoms with Gasteiger partial charge in [-0.25, -0.2) is 9.18 Å². The van der Waals surface area contributed by atoms with E-state index in [1.165, 1.54) is 6.07 Å². The molecule has 0 aliphatic rings. The van der Waals surface area contributed by atoms with Crippen LogP contribution in [0.2, 0.25) is 0 Å². The highest BCUT2D eigenvalue weighted by Gasteiger charge is 2.21. The lowest BCUT2D eigenvalue weighted by molar-refractivity contribution is -0.147. The number of hydrogen-bond donors (Lipinski definition) is 2. The zero-order valence-electron chi connectivity index (χ0n) is 8.61. The van der Waals surface area contributed by atoms with E-state index in [1.807, 2.05) is 0 Å². The Morgan fingerprint density at radius 2 is 2.06 bits per heavy atom. The van der Waals surface area contributed by atoms with E-state index in [1.54, 1.807) is 6.92 Å². The van der Waals surface area contributed by atoms with Gasteiger partial charge in [-0.15, -0.1) is 0 Å². The van der Waals surface area contributed by atoms with Crippen LogP contribution < -0.4 is 0 Å². The van der Waals surface area contributed by atoms with Crippen molar-refractivity contribution in [3.63, 3.8) is 0 Å². The van der Waals surface area contributed by atoms with Crippen molar-refractivity contribution in [1.82, 2.24) is 0 Å². The molecule has 0 amide bonds. The molecular formula is C11H11FO4. The van der Waals surface area contributed by atoms with Crippen molar-refractivity contribution in [2.24, 2.45) is 0 Å². The molecule has 86 valence electrons. The molecule has 0 saturated carbocycles. The van der Waals surface area contributed by atoms with Crippen molar-refractivity contribution in [2.75, 3.05) is 0 Å². The summed E-state index contributed by atoms with van der Waals surface area (Å²) >= 11 is 0. The van der Waals surface area contributed by atoms with Gasteiger partial charge >= 0.3 is 5.97 Å². The minimum absolute atomic E-state index is 0.194. The molecule has 1 aromatic rings. The molecule has 2 N–H and O–H groups in total. The van der Waals surface area contributed by atoms with Crippen molar-refractivity contribution in [2.45, 2.75) is 19.4 Å². The van der Waals surface area contributed by atoms with Gasteiger partial charge in [-0.05, 0) is 18.2 Å². The fraction of sp³-hybridized carbons (Fsp3) is 0.273. The number of carbonyl (C=O) groups excluding carboxylic acids is 1. The quantitative estimate of drug-likeness (QED) is 0.763. The second kappa shape index (κ2) is 4.85. The predicted molar refractivity (Wildman–Crippen MR) is 53.6 cm³/mol. The van der Waals surface area contributed by atoms with Gasteiger partial charge in [0.1, 0.15) is 5.82 Å². The first-order valence-electron chi connectivity index (χ1n) is 4.71. The lowest BCUT2D eigenvalue weighted by Gasteiger charge is -2.08. The van der Waals surface area contributed by atoms with Crippen LogP contribution in [0, 0.1) is 5.82 Å². The van der Waals surface area contributed by atoms with Gasteiger partial charge in [0.2, 0.25) is 0 Å². The van der Waals surface area contributed by atoms with Crippen LogP contribution in [0.15, 0.2) is 18.2 Å². The van der Waals surface area contributed by atoms with Crippen LogP contribution in [0.1, 0.15) is 35.4 Å². The van der Waals surface area contributed by atoms with E-state index in [0.717, 1.165) is 12.1 Å². The van der Waals surface area contributed by atoms with Crippen molar-refractivity contribution in [3.05, 3.63) is 35.1 Å². The number of rotatable bonds is 4. The Bertz CT molecular complexity index is 428. The second-order valence-corrected chi connectivity index (χ2v) is 3.25. The van der Waals surface area contributed by atoms with Gasteiger partial charge in [0, 0.05) is 17.5 Å². The van der Waals surface area contributed by atoms with E-state index in [-0.39, 0.29) is 17.8 Å². The van der Waals surface area contributed by atoms with Crippen LogP contribution in [0.25, 0.3) is 0 Å². The Morgan fingerprint density at radius 1 is 1.44 bits per heavy atom. The van der Waals surface area contributed by atoms with E-state index in [4.69, 9.17) is 5.11 Å². The standard InChI is InChI=1S/C11H11FO4/c1-2-9(13)6-3-4-8(12)7(5-6)10(14)11(15)16/h3-5,10,14H,2H2,1H3,(H,15,16). The normalized spacial score (nSPS) is 12.2. The first-order valence-corrected chi connectivity index (χ1v) is 4.71. The molecule has 0 heterocycles. The molecule has 0 bridgehead atoms. The molecule has 0 aromatic heterocycles. The highest BCUT2D eigenvalue weighted by molar-refractivity contribution is 5.96. The smallest absolute Gasteiger partial charge is 0.337 e. The van der Waals surface area contributed by atoms with Crippen molar-refractivity contribution in [1.29, 1.82) is 0 Å². The van der Waals surface area contributed by atoms with Crippen LogP contribution in [-0.4, -0.2) is 22.0 Å². The summed E-state index contributed by atoms with van der Waals surface area (Å²) in [4.78, 5) is 21.8. The van der Waals surface area contributed by atoms with Gasteiger partial charge in [0.05, 0.1) is 0 Å². The maximum absolute atomic E-state index is 13.2. The molecule has 1 aromatic carbocycles. The molecule has 0 aliphatic carbocycles. The zero-order valence-corrected chi connectivity index (χ0v) is 8.61. The molecule has 5 heteroatoms. The highest BCUT2D eigenvalue weighted by Crippen LogP contribution is 2.19. The first-order chi connectivity index (χ1) is 7.47. The van der Waals surface area contributed by atoms with Gasteiger partial charge in [0.15, 0.2) is 11.9 Å². The second-order valence-electron chi connectivity index (χ2n) is 3.25. The summed E-state index contributed by atoms with van der Waals surface area (Å²) in [7, 11) is 0. The van der Waals surface area contributed by atoms with Gasteiger partial charge in [-0.3, -0.25) is 4.79 Å². The SMILES string of the molecule is CCC(=O)c1ccc(F)c(C(O)C(=O)O)c1.